The van der Waals surface area contributed by atoms with E-state index >= 15 is 0 Å². The van der Waals surface area contributed by atoms with Crippen LogP contribution in [0, 0.1) is 0 Å². The van der Waals surface area contributed by atoms with E-state index in [2.05, 4.69) is 14.9 Å². The topological polar surface area (TPSA) is 61.2 Å². The van der Waals surface area contributed by atoms with Gasteiger partial charge in [0, 0.05) is 24.0 Å². The van der Waals surface area contributed by atoms with Crippen LogP contribution in [-0.2, 0) is 4.74 Å². The summed E-state index contributed by atoms with van der Waals surface area (Å²) in [5.41, 5.74) is 8.37. The molecular formula is C7H10N4O. The fourth-order valence-electron chi connectivity index (χ4n) is 2.75. The first-order valence-corrected chi connectivity index (χ1v) is 4.34. The van der Waals surface area contributed by atoms with Crippen molar-refractivity contribution in [3.8, 4) is 0 Å². The van der Waals surface area contributed by atoms with E-state index in [1.165, 1.54) is 0 Å². The van der Waals surface area contributed by atoms with Crippen LogP contribution in [0.5, 0.6) is 0 Å². The minimum atomic E-state index is 0.0856. The molecule has 0 radical (unpaired) electrons. The Morgan fingerprint density at radius 3 is 3.17 bits per heavy atom. The molecule has 0 aromatic carbocycles. The van der Waals surface area contributed by atoms with Gasteiger partial charge in [0.2, 0.25) is 0 Å². The van der Waals surface area contributed by atoms with Crippen molar-refractivity contribution in [3.05, 3.63) is 10.4 Å². The fraction of sp³-hybridized carbons (Fsp3) is 1.00. The van der Waals surface area contributed by atoms with E-state index in [9.17, 15) is 0 Å². The molecule has 12 heavy (non-hydrogen) atoms. The Morgan fingerprint density at radius 1 is 1.50 bits per heavy atom. The summed E-state index contributed by atoms with van der Waals surface area (Å²) in [7, 11) is 0. The highest BCUT2D eigenvalue weighted by Crippen LogP contribution is 2.41. The molecule has 3 heterocycles. The highest BCUT2D eigenvalue weighted by atomic mass is 16.5. The number of rotatable bonds is 1. The molecule has 0 amide bonds. The van der Waals surface area contributed by atoms with Crippen molar-refractivity contribution >= 4 is 0 Å². The smallest absolute Gasteiger partial charge is 0.0829 e. The Kier molecular flexibility index (Phi) is 1.19. The molecule has 0 N–H and O–H groups in total. The van der Waals surface area contributed by atoms with Crippen molar-refractivity contribution in [2.24, 2.45) is 5.11 Å². The molecule has 3 saturated heterocycles. The third-order valence-electron chi connectivity index (χ3n) is 3.18. The van der Waals surface area contributed by atoms with Crippen molar-refractivity contribution in [2.75, 3.05) is 13.1 Å². The third-order valence-corrected chi connectivity index (χ3v) is 3.18. The molecular weight excluding hydrogens is 156 g/mol. The van der Waals surface area contributed by atoms with Gasteiger partial charge >= 0.3 is 0 Å². The van der Waals surface area contributed by atoms with Crippen LogP contribution in [0.3, 0.4) is 0 Å². The summed E-state index contributed by atoms with van der Waals surface area (Å²) in [4.78, 5) is 5.26. The van der Waals surface area contributed by atoms with Crippen LogP contribution in [-0.4, -0.2) is 42.3 Å². The van der Waals surface area contributed by atoms with E-state index in [0.717, 1.165) is 19.5 Å². The highest BCUT2D eigenvalue weighted by molar-refractivity contribution is 5.11. The maximum atomic E-state index is 8.37. The van der Waals surface area contributed by atoms with Crippen molar-refractivity contribution < 1.29 is 4.74 Å². The van der Waals surface area contributed by atoms with Gasteiger partial charge in [0.1, 0.15) is 0 Å². The largest absolute Gasteiger partial charge is 0.371 e. The van der Waals surface area contributed by atoms with Crippen molar-refractivity contribution in [2.45, 2.75) is 30.7 Å². The summed E-state index contributed by atoms with van der Waals surface area (Å²) in [5, 5.41) is 3.80. The zero-order valence-corrected chi connectivity index (χ0v) is 6.63. The molecule has 5 heteroatoms. The molecule has 0 spiro atoms. The first-order valence-electron chi connectivity index (χ1n) is 4.34. The van der Waals surface area contributed by atoms with Gasteiger partial charge in [-0.1, -0.05) is 5.11 Å². The second kappa shape index (κ2) is 2.13. The Bertz CT molecular complexity index is 248. The molecule has 2 bridgehead atoms. The van der Waals surface area contributed by atoms with E-state index in [0.29, 0.717) is 12.1 Å². The molecule has 4 atom stereocenters. The predicted molar refractivity (Wildman–Crippen MR) is 41.6 cm³/mol. The molecule has 3 aliphatic rings. The first-order chi connectivity index (χ1) is 5.90. The standard InChI is InChI=1S/C7H10N4O/c8-10-9-6-5-3-11-2-1-4(12-5)7(6)11/h4-7H,1-3H2. The second-order valence-corrected chi connectivity index (χ2v) is 3.68. The van der Waals surface area contributed by atoms with Gasteiger partial charge in [-0.05, 0) is 12.0 Å². The molecule has 3 rings (SSSR count). The number of morpholine rings is 1. The van der Waals surface area contributed by atoms with Crippen LogP contribution < -0.4 is 0 Å². The van der Waals surface area contributed by atoms with Crippen molar-refractivity contribution in [1.82, 2.24) is 4.90 Å². The Balaban J connectivity index is 1.96. The van der Waals surface area contributed by atoms with E-state index in [1.54, 1.807) is 0 Å². The molecule has 0 aromatic rings. The average molecular weight is 166 g/mol. The van der Waals surface area contributed by atoms with E-state index in [1.807, 2.05) is 0 Å². The minimum Gasteiger partial charge on any atom is -0.371 e. The molecule has 64 valence electrons. The zero-order valence-electron chi connectivity index (χ0n) is 6.63. The highest BCUT2D eigenvalue weighted by Gasteiger charge is 2.56. The van der Waals surface area contributed by atoms with Crippen molar-refractivity contribution in [3.63, 3.8) is 0 Å². The van der Waals surface area contributed by atoms with Gasteiger partial charge in [-0.2, -0.15) is 0 Å². The summed E-state index contributed by atoms with van der Waals surface area (Å²) in [6, 6.07) is 0.480. The van der Waals surface area contributed by atoms with Gasteiger partial charge in [0.15, 0.2) is 0 Å². The molecule has 0 saturated carbocycles. The number of hydrogen-bond acceptors (Lipinski definition) is 3. The van der Waals surface area contributed by atoms with Gasteiger partial charge in [0.05, 0.1) is 18.2 Å². The van der Waals surface area contributed by atoms with Crippen LogP contribution in [0.15, 0.2) is 5.11 Å². The van der Waals surface area contributed by atoms with Crippen molar-refractivity contribution in [1.29, 1.82) is 0 Å². The Hall–Kier alpha value is -0.770. The van der Waals surface area contributed by atoms with E-state index in [4.69, 9.17) is 10.3 Å². The number of azide groups is 1. The number of fused-ring (bicyclic) bond motifs is 1. The monoisotopic (exact) mass is 166 g/mol. The minimum absolute atomic E-state index is 0.0856. The van der Waals surface area contributed by atoms with Crippen LogP contribution >= 0.6 is 0 Å². The van der Waals surface area contributed by atoms with E-state index in [-0.39, 0.29) is 12.1 Å². The molecule has 3 fully saturated rings. The van der Waals surface area contributed by atoms with Gasteiger partial charge in [-0.3, -0.25) is 4.90 Å². The quantitative estimate of drug-likeness (QED) is 0.324. The SMILES string of the molecule is [N-]=[N+]=NC1C2CN3CCC(O2)C13. The predicted octanol–water partition coefficient (Wildman–Crippen LogP) is 0.521. The normalized spacial score (nSPS) is 49.7. The summed E-state index contributed by atoms with van der Waals surface area (Å²) in [6.07, 6.45) is 1.64. The van der Waals surface area contributed by atoms with Gasteiger partial charge in [-0.15, -0.1) is 0 Å². The lowest BCUT2D eigenvalue weighted by Crippen LogP contribution is -2.35. The number of ether oxygens (including phenoxy) is 1. The fourth-order valence-corrected chi connectivity index (χ4v) is 2.75. The molecule has 0 aromatic heterocycles. The lowest BCUT2D eigenvalue weighted by Gasteiger charge is -2.21. The van der Waals surface area contributed by atoms with Crippen LogP contribution in [0.4, 0.5) is 0 Å². The summed E-state index contributed by atoms with van der Waals surface area (Å²) in [6.45, 7) is 2.08. The van der Waals surface area contributed by atoms with Gasteiger partial charge in [-0.25, -0.2) is 0 Å². The number of hydrogen-bond donors (Lipinski definition) is 0. The third kappa shape index (κ3) is 0.641. The molecule has 0 aliphatic carbocycles. The van der Waals surface area contributed by atoms with Crippen LogP contribution in [0.1, 0.15) is 6.42 Å². The first kappa shape index (κ1) is 6.71. The maximum absolute atomic E-state index is 8.37. The lowest BCUT2D eigenvalue weighted by atomic mass is 10.1. The summed E-state index contributed by atoms with van der Waals surface area (Å²) >= 11 is 0. The summed E-state index contributed by atoms with van der Waals surface area (Å²) < 4.78 is 5.71. The Labute approximate surface area is 69.9 Å². The lowest BCUT2D eigenvalue weighted by molar-refractivity contribution is 0.00886. The van der Waals surface area contributed by atoms with Crippen LogP contribution in [0.2, 0.25) is 0 Å². The maximum Gasteiger partial charge on any atom is 0.0829 e. The number of nitrogens with zero attached hydrogens (tertiary/aromatic N) is 4. The van der Waals surface area contributed by atoms with Crippen LogP contribution in [0.25, 0.3) is 10.4 Å². The summed E-state index contributed by atoms with van der Waals surface area (Å²) in [5.74, 6) is 0. The Morgan fingerprint density at radius 2 is 2.42 bits per heavy atom. The molecule has 3 aliphatic heterocycles. The molecule has 4 unspecified atom stereocenters. The molecule has 5 nitrogen and oxygen atoms in total. The second-order valence-electron chi connectivity index (χ2n) is 3.68. The zero-order chi connectivity index (χ0) is 8.13. The average Bonchev–Trinajstić information content (AvgIpc) is 2.61. The van der Waals surface area contributed by atoms with Gasteiger partial charge in [0.25, 0.3) is 0 Å². The van der Waals surface area contributed by atoms with Gasteiger partial charge < -0.3 is 4.74 Å². The van der Waals surface area contributed by atoms with E-state index < -0.39 is 0 Å².